The van der Waals surface area contributed by atoms with E-state index in [1.807, 2.05) is 67.6 Å². The number of benzene rings is 2. The summed E-state index contributed by atoms with van der Waals surface area (Å²) in [5, 5.41) is 3.90. The third-order valence-corrected chi connectivity index (χ3v) is 4.76. The summed E-state index contributed by atoms with van der Waals surface area (Å²) in [5.74, 6) is 0. The minimum absolute atomic E-state index is 0.371. The number of ether oxygens (including phenoxy) is 4. The fraction of sp³-hybridized carbons (Fsp3) is 0.429. The fourth-order valence-corrected chi connectivity index (χ4v) is 3.30. The van der Waals surface area contributed by atoms with Crippen LogP contribution >= 0.6 is 0 Å². The van der Waals surface area contributed by atoms with Gasteiger partial charge in [-0.15, -0.1) is 0 Å². The van der Waals surface area contributed by atoms with Crippen molar-refractivity contribution in [1.82, 2.24) is 0 Å². The highest BCUT2D eigenvalue weighted by molar-refractivity contribution is 5.14. The van der Waals surface area contributed by atoms with Gasteiger partial charge < -0.3 is 18.9 Å². The number of rotatable bonds is 8. The Kier molecular flexibility index (Phi) is 7.42. The van der Waals surface area contributed by atoms with Crippen LogP contribution in [0.25, 0.3) is 10.4 Å². The van der Waals surface area contributed by atoms with E-state index >= 15 is 0 Å². The van der Waals surface area contributed by atoms with Crippen LogP contribution in [0.1, 0.15) is 18.1 Å². The Bertz CT molecular complexity index is 768. The standard InChI is InChI=1S/C21H25N3O4/c1-15-18(23-24-22)19(26-13-16-9-5-3-6-10-16)20(25-2)21(28-15)27-14-17-11-7-4-8-12-17/h3-12,15,18-21H,13-14H2,1-2H3. The summed E-state index contributed by atoms with van der Waals surface area (Å²) in [7, 11) is 1.58. The van der Waals surface area contributed by atoms with Crippen molar-refractivity contribution in [3.05, 3.63) is 82.2 Å². The van der Waals surface area contributed by atoms with Crippen LogP contribution in [0.5, 0.6) is 0 Å². The molecule has 1 fully saturated rings. The van der Waals surface area contributed by atoms with Crippen molar-refractivity contribution in [1.29, 1.82) is 0 Å². The SMILES string of the molecule is COC1C(OCc2ccccc2)OC(C)C(N=[N+]=[N-])C1OCc1ccccc1. The molecular weight excluding hydrogens is 358 g/mol. The zero-order valence-corrected chi connectivity index (χ0v) is 16.0. The molecule has 7 heteroatoms. The second-order valence-corrected chi connectivity index (χ2v) is 6.66. The zero-order valence-electron chi connectivity index (χ0n) is 16.0. The average Bonchev–Trinajstić information content (AvgIpc) is 2.74. The molecule has 3 rings (SSSR count). The quantitative estimate of drug-likeness (QED) is 0.388. The van der Waals surface area contributed by atoms with Crippen LogP contribution in [0, 0.1) is 0 Å². The van der Waals surface area contributed by atoms with Crippen molar-refractivity contribution >= 4 is 0 Å². The topological polar surface area (TPSA) is 85.7 Å². The molecule has 1 aliphatic rings. The van der Waals surface area contributed by atoms with Gasteiger partial charge in [0, 0.05) is 12.0 Å². The van der Waals surface area contributed by atoms with Crippen LogP contribution in [0.15, 0.2) is 65.8 Å². The molecule has 148 valence electrons. The monoisotopic (exact) mass is 383 g/mol. The summed E-state index contributed by atoms with van der Waals surface area (Å²) < 4.78 is 23.8. The van der Waals surface area contributed by atoms with Crippen LogP contribution in [0.4, 0.5) is 0 Å². The van der Waals surface area contributed by atoms with E-state index in [4.69, 9.17) is 24.5 Å². The van der Waals surface area contributed by atoms with E-state index in [2.05, 4.69) is 10.0 Å². The highest BCUT2D eigenvalue weighted by atomic mass is 16.7. The first-order valence-corrected chi connectivity index (χ1v) is 9.26. The van der Waals surface area contributed by atoms with E-state index in [-0.39, 0.29) is 6.10 Å². The van der Waals surface area contributed by atoms with Gasteiger partial charge in [0.15, 0.2) is 6.29 Å². The molecule has 0 aliphatic carbocycles. The van der Waals surface area contributed by atoms with Crippen LogP contribution in [0.3, 0.4) is 0 Å². The Morgan fingerprint density at radius 1 is 0.929 bits per heavy atom. The fourth-order valence-electron chi connectivity index (χ4n) is 3.30. The molecule has 7 nitrogen and oxygen atoms in total. The first-order chi connectivity index (χ1) is 13.7. The van der Waals surface area contributed by atoms with Gasteiger partial charge in [-0.1, -0.05) is 65.8 Å². The molecule has 0 radical (unpaired) electrons. The summed E-state index contributed by atoms with van der Waals surface area (Å²) in [6, 6.07) is 19.2. The van der Waals surface area contributed by atoms with Crippen molar-refractivity contribution < 1.29 is 18.9 Å². The lowest BCUT2D eigenvalue weighted by atomic mass is 9.97. The predicted molar refractivity (Wildman–Crippen MR) is 104 cm³/mol. The third kappa shape index (κ3) is 5.10. The highest BCUT2D eigenvalue weighted by Gasteiger charge is 2.45. The first kappa shape index (κ1) is 20.3. The van der Waals surface area contributed by atoms with Crippen LogP contribution < -0.4 is 0 Å². The molecule has 0 aromatic heterocycles. The highest BCUT2D eigenvalue weighted by Crippen LogP contribution is 2.29. The van der Waals surface area contributed by atoms with Crippen molar-refractivity contribution in [2.24, 2.45) is 5.11 Å². The summed E-state index contributed by atoms with van der Waals surface area (Å²) in [6.07, 6.45) is -2.03. The molecule has 0 N–H and O–H groups in total. The third-order valence-electron chi connectivity index (χ3n) is 4.76. The normalized spacial score (nSPS) is 27.1. The molecule has 28 heavy (non-hydrogen) atoms. The number of hydrogen-bond acceptors (Lipinski definition) is 5. The van der Waals surface area contributed by atoms with E-state index < -0.39 is 24.5 Å². The van der Waals surface area contributed by atoms with Gasteiger partial charge in [-0.05, 0) is 23.6 Å². The summed E-state index contributed by atoms with van der Waals surface area (Å²) >= 11 is 0. The number of hydrogen-bond donors (Lipinski definition) is 0. The smallest absolute Gasteiger partial charge is 0.186 e. The van der Waals surface area contributed by atoms with Gasteiger partial charge in [0.05, 0.1) is 25.4 Å². The van der Waals surface area contributed by atoms with Crippen molar-refractivity contribution in [2.45, 2.75) is 50.8 Å². The summed E-state index contributed by atoms with van der Waals surface area (Å²) in [4.78, 5) is 2.97. The Balaban J connectivity index is 1.74. The number of azide groups is 1. The molecule has 1 heterocycles. The molecule has 1 aliphatic heterocycles. The van der Waals surface area contributed by atoms with E-state index in [9.17, 15) is 0 Å². The van der Waals surface area contributed by atoms with Gasteiger partial charge in [0.25, 0.3) is 0 Å². The zero-order chi connectivity index (χ0) is 19.8. The molecule has 5 unspecified atom stereocenters. The maximum absolute atomic E-state index is 8.99. The second-order valence-electron chi connectivity index (χ2n) is 6.66. The largest absolute Gasteiger partial charge is 0.373 e. The molecule has 0 bridgehead atoms. The molecule has 2 aromatic rings. The van der Waals surface area contributed by atoms with Crippen molar-refractivity contribution in [2.75, 3.05) is 7.11 Å². The van der Waals surface area contributed by atoms with Crippen LogP contribution in [-0.2, 0) is 32.2 Å². The van der Waals surface area contributed by atoms with Gasteiger partial charge >= 0.3 is 0 Å². The summed E-state index contributed by atoms with van der Waals surface area (Å²) in [6.45, 7) is 2.61. The van der Waals surface area contributed by atoms with E-state index in [0.717, 1.165) is 11.1 Å². The Morgan fingerprint density at radius 3 is 2.04 bits per heavy atom. The minimum Gasteiger partial charge on any atom is -0.373 e. The van der Waals surface area contributed by atoms with Gasteiger partial charge in [-0.3, -0.25) is 0 Å². The van der Waals surface area contributed by atoms with Gasteiger partial charge in [-0.2, -0.15) is 0 Å². The lowest BCUT2D eigenvalue weighted by molar-refractivity contribution is -0.286. The van der Waals surface area contributed by atoms with Crippen molar-refractivity contribution in [3.63, 3.8) is 0 Å². The molecule has 2 aromatic carbocycles. The molecule has 0 spiro atoms. The minimum atomic E-state index is -0.633. The van der Waals surface area contributed by atoms with E-state index in [0.29, 0.717) is 13.2 Å². The molecule has 0 saturated carbocycles. The second kappa shape index (κ2) is 10.2. The molecule has 5 atom stereocenters. The molecule has 1 saturated heterocycles. The van der Waals surface area contributed by atoms with E-state index in [1.165, 1.54) is 0 Å². The van der Waals surface area contributed by atoms with Crippen LogP contribution in [-0.4, -0.2) is 37.8 Å². The first-order valence-electron chi connectivity index (χ1n) is 9.26. The lowest BCUT2D eigenvalue weighted by Gasteiger charge is -2.43. The molecular formula is C21H25N3O4. The van der Waals surface area contributed by atoms with E-state index in [1.54, 1.807) is 7.11 Å². The lowest BCUT2D eigenvalue weighted by Crippen LogP contribution is -2.58. The predicted octanol–water partition coefficient (Wildman–Crippen LogP) is 4.23. The van der Waals surface area contributed by atoms with Gasteiger partial charge in [0.1, 0.15) is 12.2 Å². The van der Waals surface area contributed by atoms with Crippen molar-refractivity contribution in [3.8, 4) is 0 Å². The Morgan fingerprint density at radius 2 is 1.50 bits per heavy atom. The average molecular weight is 383 g/mol. The Labute approximate surface area is 164 Å². The molecule has 0 amide bonds. The van der Waals surface area contributed by atoms with Gasteiger partial charge in [0.2, 0.25) is 0 Å². The number of nitrogens with zero attached hydrogens (tertiary/aromatic N) is 3. The maximum Gasteiger partial charge on any atom is 0.186 e. The maximum atomic E-state index is 8.99. The summed E-state index contributed by atoms with van der Waals surface area (Å²) in [5.41, 5.74) is 11.1. The van der Waals surface area contributed by atoms with Gasteiger partial charge in [-0.25, -0.2) is 0 Å². The van der Waals surface area contributed by atoms with Crippen LogP contribution in [0.2, 0.25) is 0 Å². The Hall–Kier alpha value is -2.41. The number of methoxy groups -OCH3 is 1.